The van der Waals surface area contributed by atoms with E-state index < -0.39 is 0 Å². The predicted molar refractivity (Wildman–Crippen MR) is 116 cm³/mol. The van der Waals surface area contributed by atoms with E-state index in [1.54, 1.807) is 12.3 Å². The van der Waals surface area contributed by atoms with Crippen LogP contribution in [0.25, 0.3) is 11.3 Å². The largest absolute Gasteiger partial charge is 0.340 e. The number of H-pyrrole nitrogens is 1. The number of piperidine rings is 1. The highest BCUT2D eigenvalue weighted by Crippen LogP contribution is 2.33. The Hall–Kier alpha value is -2.95. The number of aromatic nitrogens is 2. The molecule has 1 N–H and O–H groups in total. The van der Waals surface area contributed by atoms with Crippen molar-refractivity contribution in [2.24, 2.45) is 0 Å². The molecule has 0 aliphatic carbocycles. The summed E-state index contributed by atoms with van der Waals surface area (Å²) in [4.78, 5) is 23.2. The molecule has 1 aliphatic rings. The Labute approximate surface area is 177 Å². The maximum atomic E-state index is 13.6. The third-order valence-corrected chi connectivity index (χ3v) is 6.05. The minimum absolute atomic E-state index is 0.0539. The number of nitrogens with zero attached hydrogens (tertiary/aromatic N) is 2. The van der Waals surface area contributed by atoms with Gasteiger partial charge < -0.3 is 9.88 Å². The van der Waals surface area contributed by atoms with Crippen LogP contribution in [0.3, 0.4) is 0 Å². The van der Waals surface area contributed by atoms with Crippen LogP contribution >= 0.6 is 0 Å². The number of carbonyl (C=O) groups is 1. The molecule has 0 spiro atoms. The third-order valence-electron chi connectivity index (χ3n) is 6.05. The average Bonchev–Trinajstić information content (AvgIpc) is 3.28. The number of hydrogen-bond acceptors (Lipinski definition) is 2. The van der Waals surface area contributed by atoms with Gasteiger partial charge in [0.15, 0.2) is 0 Å². The molecule has 1 aliphatic heterocycles. The lowest BCUT2D eigenvalue weighted by atomic mass is 9.91. The van der Waals surface area contributed by atoms with Crippen molar-refractivity contribution in [3.05, 3.63) is 78.0 Å². The van der Waals surface area contributed by atoms with Gasteiger partial charge in [0.2, 0.25) is 5.91 Å². The minimum Gasteiger partial charge on any atom is -0.340 e. The first-order chi connectivity index (χ1) is 14.7. The topological polar surface area (TPSA) is 49.0 Å². The summed E-state index contributed by atoms with van der Waals surface area (Å²) in [5.41, 5.74) is 2.75. The fourth-order valence-electron chi connectivity index (χ4n) is 4.37. The van der Waals surface area contributed by atoms with Crippen LogP contribution in [0.15, 0.2) is 60.8 Å². The van der Waals surface area contributed by atoms with E-state index in [2.05, 4.69) is 29.0 Å². The number of likely N-dealkylation sites (tertiary alicyclic amines) is 1. The number of benzene rings is 2. The van der Waals surface area contributed by atoms with Crippen LogP contribution in [0.5, 0.6) is 0 Å². The highest BCUT2D eigenvalue weighted by atomic mass is 19.1. The predicted octanol–water partition coefficient (Wildman–Crippen LogP) is 5.85. The molecule has 5 heteroatoms. The molecule has 0 radical (unpaired) electrons. The van der Waals surface area contributed by atoms with Crippen molar-refractivity contribution in [2.45, 2.75) is 51.0 Å². The number of hydrogen-bond donors (Lipinski definition) is 1. The summed E-state index contributed by atoms with van der Waals surface area (Å²) in [6.07, 6.45) is 6.15. The van der Waals surface area contributed by atoms with Crippen molar-refractivity contribution >= 4 is 5.91 Å². The van der Waals surface area contributed by atoms with Gasteiger partial charge in [-0.3, -0.25) is 4.79 Å². The molecule has 2 unspecified atom stereocenters. The molecular weight excluding hydrogens is 377 g/mol. The molecule has 2 atom stereocenters. The fraction of sp³-hybridized carbons (Fsp3) is 0.360. The standard InChI is InChI=1S/C25H28FN3O/c1-2-18(19-9-4-3-5-10-19)16-24(30)29-14-7-6-13-23(29)25-27-17-22(28-25)20-11-8-12-21(26)15-20/h3-5,8-12,15,17-18,23H,2,6-7,13-14,16H2,1H3,(H,27,28). The lowest BCUT2D eigenvalue weighted by Crippen LogP contribution is -2.39. The summed E-state index contributed by atoms with van der Waals surface area (Å²) in [5, 5.41) is 0. The third kappa shape index (κ3) is 4.45. The zero-order valence-corrected chi connectivity index (χ0v) is 17.4. The molecule has 156 valence electrons. The molecule has 1 amide bonds. The molecule has 30 heavy (non-hydrogen) atoms. The van der Waals surface area contributed by atoms with Gasteiger partial charge in [-0.1, -0.05) is 49.4 Å². The van der Waals surface area contributed by atoms with Gasteiger partial charge in [0, 0.05) is 18.5 Å². The van der Waals surface area contributed by atoms with E-state index in [1.807, 2.05) is 29.2 Å². The Balaban J connectivity index is 1.52. The molecule has 1 fully saturated rings. The Morgan fingerprint density at radius 3 is 2.80 bits per heavy atom. The lowest BCUT2D eigenvalue weighted by Gasteiger charge is -2.35. The number of carbonyl (C=O) groups excluding carboxylic acids is 1. The van der Waals surface area contributed by atoms with E-state index in [1.165, 1.54) is 17.7 Å². The number of amides is 1. The molecule has 4 nitrogen and oxygen atoms in total. The van der Waals surface area contributed by atoms with Crippen molar-refractivity contribution in [3.8, 4) is 11.3 Å². The highest BCUT2D eigenvalue weighted by Gasteiger charge is 2.31. The molecular formula is C25H28FN3O. The van der Waals surface area contributed by atoms with E-state index in [-0.39, 0.29) is 23.7 Å². The number of nitrogens with one attached hydrogen (secondary N) is 1. The Morgan fingerprint density at radius 2 is 2.03 bits per heavy atom. The van der Waals surface area contributed by atoms with Crippen LogP contribution in [0.1, 0.15) is 62.4 Å². The Bertz CT molecular complexity index is 985. The van der Waals surface area contributed by atoms with Gasteiger partial charge in [0.25, 0.3) is 0 Å². The molecule has 1 saturated heterocycles. The molecule has 1 aromatic heterocycles. The van der Waals surface area contributed by atoms with Crippen molar-refractivity contribution in [1.82, 2.24) is 14.9 Å². The lowest BCUT2D eigenvalue weighted by molar-refractivity contribution is -0.135. The number of aromatic amines is 1. The quantitative estimate of drug-likeness (QED) is 0.559. The number of imidazole rings is 1. The number of halogens is 1. The molecule has 0 saturated carbocycles. The zero-order valence-electron chi connectivity index (χ0n) is 17.4. The van der Waals surface area contributed by atoms with Crippen molar-refractivity contribution in [1.29, 1.82) is 0 Å². The normalized spacial score (nSPS) is 17.7. The van der Waals surface area contributed by atoms with E-state index in [0.29, 0.717) is 6.42 Å². The van der Waals surface area contributed by atoms with Gasteiger partial charge in [-0.15, -0.1) is 0 Å². The maximum absolute atomic E-state index is 13.6. The summed E-state index contributed by atoms with van der Waals surface area (Å²) in [6.45, 7) is 2.89. The van der Waals surface area contributed by atoms with E-state index in [0.717, 1.165) is 49.3 Å². The summed E-state index contributed by atoms with van der Waals surface area (Å²) < 4.78 is 13.6. The fourth-order valence-corrected chi connectivity index (χ4v) is 4.37. The Kier molecular flexibility index (Phi) is 6.26. The van der Waals surface area contributed by atoms with Crippen LogP contribution in [0, 0.1) is 5.82 Å². The van der Waals surface area contributed by atoms with Gasteiger partial charge in [-0.2, -0.15) is 0 Å². The second kappa shape index (κ2) is 9.24. The van der Waals surface area contributed by atoms with Crippen LogP contribution in [0.2, 0.25) is 0 Å². The summed E-state index contributed by atoms with van der Waals surface area (Å²) in [7, 11) is 0. The second-order valence-corrected chi connectivity index (χ2v) is 8.01. The van der Waals surface area contributed by atoms with E-state index in [4.69, 9.17) is 0 Å². The van der Waals surface area contributed by atoms with Gasteiger partial charge in [-0.25, -0.2) is 9.37 Å². The molecule has 3 aromatic rings. The molecule has 2 aromatic carbocycles. The zero-order chi connectivity index (χ0) is 20.9. The molecule has 2 heterocycles. The van der Waals surface area contributed by atoms with Gasteiger partial charge in [0.1, 0.15) is 11.6 Å². The summed E-state index contributed by atoms with van der Waals surface area (Å²) in [6, 6.07) is 16.7. The summed E-state index contributed by atoms with van der Waals surface area (Å²) in [5.74, 6) is 0.916. The highest BCUT2D eigenvalue weighted by molar-refractivity contribution is 5.77. The van der Waals surface area contributed by atoms with Crippen molar-refractivity contribution in [2.75, 3.05) is 6.54 Å². The molecule has 0 bridgehead atoms. The number of rotatable bonds is 6. The monoisotopic (exact) mass is 405 g/mol. The van der Waals surface area contributed by atoms with E-state index in [9.17, 15) is 9.18 Å². The molecule has 4 rings (SSSR count). The Morgan fingerprint density at radius 1 is 1.20 bits per heavy atom. The van der Waals surface area contributed by atoms with Gasteiger partial charge >= 0.3 is 0 Å². The minimum atomic E-state index is -0.273. The van der Waals surface area contributed by atoms with Crippen molar-refractivity contribution < 1.29 is 9.18 Å². The van der Waals surface area contributed by atoms with Crippen LogP contribution in [-0.4, -0.2) is 27.3 Å². The first-order valence-corrected chi connectivity index (χ1v) is 10.8. The SMILES string of the molecule is CCC(CC(=O)N1CCCCC1c1ncc(-c2cccc(F)c2)[nH]1)c1ccccc1. The van der Waals surface area contributed by atoms with Crippen molar-refractivity contribution in [3.63, 3.8) is 0 Å². The second-order valence-electron chi connectivity index (χ2n) is 8.01. The van der Waals surface area contributed by atoms with Gasteiger partial charge in [-0.05, 0) is 49.3 Å². The van der Waals surface area contributed by atoms with Crippen LogP contribution < -0.4 is 0 Å². The first-order valence-electron chi connectivity index (χ1n) is 10.8. The van der Waals surface area contributed by atoms with Gasteiger partial charge in [0.05, 0.1) is 17.9 Å². The summed E-state index contributed by atoms with van der Waals surface area (Å²) >= 11 is 0. The smallest absolute Gasteiger partial charge is 0.223 e. The van der Waals surface area contributed by atoms with Crippen LogP contribution in [0.4, 0.5) is 4.39 Å². The van der Waals surface area contributed by atoms with Crippen LogP contribution in [-0.2, 0) is 4.79 Å². The van der Waals surface area contributed by atoms with E-state index >= 15 is 0 Å². The average molecular weight is 406 g/mol. The maximum Gasteiger partial charge on any atom is 0.223 e. The first kappa shape index (κ1) is 20.3.